The van der Waals surface area contributed by atoms with Crippen LogP contribution in [0.3, 0.4) is 0 Å². The van der Waals surface area contributed by atoms with E-state index in [4.69, 9.17) is 0 Å². The topological polar surface area (TPSA) is 37.3 Å². The van der Waals surface area contributed by atoms with Crippen LogP contribution < -0.4 is 0 Å². The number of rotatable bonds is 7. The van der Waals surface area contributed by atoms with Crippen molar-refractivity contribution in [2.24, 2.45) is 5.92 Å². The Morgan fingerprint density at radius 1 is 1.04 bits per heavy atom. The van der Waals surface area contributed by atoms with E-state index >= 15 is 0 Å². The largest absolute Gasteiger partial charge is 0.392 e. The third-order valence-electron chi connectivity index (χ3n) is 4.75. The van der Waals surface area contributed by atoms with Gasteiger partial charge in [-0.2, -0.15) is 0 Å². The predicted molar refractivity (Wildman–Crippen MR) is 99.9 cm³/mol. The first kappa shape index (κ1) is 18.4. The molecular weight excluding hydrogens is 296 g/mol. The summed E-state index contributed by atoms with van der Waals surface area (Å²) in [7, 11) is 0. The molecule has 0 saturated carbocycles. The summed E-state index contributed by atoms with van der Waals surface area (Å²) >= 11 is 0. The van der Waals surface area contributed by atoms with E-state index in [2.05, 4.69) is 13.8 Å². The van der Waals surface area contributed by atoms with Gasteiger partial charge in [0.1, 0.15) is 5.78 Å². The average molecular weight is 324 g/mol. The monoisotopic (exact) mass is 324 g/mol. The lowest BCUT2D eigenvalue weighted by atomic mass is 9.78. The molecule has 2 aromatic carbocycles. The van der Waals surface area contributed by atoms with Gasteiger partial charge in [-0.1, -0.05) is 62.4 Å². The molecule has 2 heteroatoms. The second-order valence-corrected chi connectivity index (χ2v) is 7.37. The predicted octanol–water partition coefficient (Wildman–Crippen LogP) is 5.13. The zero-order valence-electron chi connectivity index (χ0n) is 15.2. The molecule has 0 radical (unpaired) electrons. The van der Waals surface area contributed by atoms with Crippen LogP contribution >= 0.6 is 0 Å². The van der Waals surface area contributed by atoms with Crippen LogP contribution in [0.15, 0.2) is 48.5 Å². The fraction of sp³-hybridized carbons (Fsp3) is 0.409. The molecule has 24 heavy (non-hydrogen) atoms. The van der Waals surface area contributed by atoms with Crippen molar-refractivity contribution in [3.63, 3.8) is 0 Å². The maximum atomic E-state index is 12.6. The van der Waals surface area contributed by atoms with Crippen LogP contribution in [-0.2, 0) is 16.8 Å². The summed E-state index contributed by atoms with van der Waals surface area (Å²) < 4.78 is 0. The van der Waals surface area contributed by atoms with Crippen LogP contribution in [-0.4, -0.2) is 10.9 Å². The number of hydrogen-bond acceptors (Lipinski definition) is 2. The van der Waals surface area contributed by atoms with Gasteiger partial charge >= 0.3 is 0 Å². The van der Waals surface area contributed by atoms with Crippen molar-refractivity contribution in [2.45, 2.75) is 52.6 Å². The SMILES string of the molecule is CC(C)CCC(=O)C(C)(C)c1ccc(-c2ccccc2CO)cc1. The Hall–Kier alpha value is -1.93. The zero-order valence-corrected chi connectivity index (χ0v) is 15.2. The van der Waals surface area contributed by atoms with Crippen LogP contribution in [0.25, 0.3) is 11.1 Å². The fourth-order valence-corrected chi connectivity index (χ4v) is 2.90. The van der Waals surface area contributed by atoms with Crippen molar-refractivity contribution in [1.82, 2.24) is 0 Å². The molecule has 0 bridgehead atoms. The number of carbonyl (C=O) groups excluding carboxylic acids is 1. The van der Waals surface area contributed by atoms with Crippen molar-refractivity contribution in [3.05, 3.63) is 59.7 Å². The number of hydrogen-bond donors (Lipinski definition) is 1. The van der Waals surface area contributed by atoms with Crippen LogP contribution in [0, 0.1) is 5.92 Å². The van der Waals surface area contributed by atoms with E-state index in [0.717, 1.165) is 28.7 Å². The van der Waals surface area contributed by atoms with Crippen molar-refractivity contribution in [2.75, 3.05) is 0 Å². The first-order chi connectivity index (χ1) is 11.4. The van der Waals surface area contributed by atoms with Crippen molar-refractivity contribution >= 4 is 5.78 Å². The minimum absolute atomic E-state index is 0.0249. The van der Waals surface area contributed by atoms with Gasteiger partial charge in [0.2, 0.25) is 0 Å². The number of ketones is 1. The number of carbonyl (C=O) groups is 1. The summed E-state index contributed by atoms with van der Waals surface area (Å²) in [6, 6.07) is 16.0. The highest BCUT2D eigenvalue weighted by molar-refractivity contribution is 5.89. The normalized spacial score (nSPS) is 11.8. The van der Waals surface area contributed by atoms with Crippen molar-refractivity contribution < 1.29 is 9.90 Å². The summed E-state index contributed by atoms with van der Waals surface area (Å²) in [4.78, 5) is 12.6. The molecule has 0 spiro atoms. The molecular formula is C22H28O2. The van der Waals surface area contributed by atoms with E-state index in [9.17, 15) is 9.90 Å². The average Bonchev–Trinajstić information content (AvgIpc) is 2.59. The lowest BCUT2D eigenvalue weighted by Crippen LogP contribution is -2.29. The van der Waals surface area contributed by atoms with Crippen molar-refractivity contribution in [3.8, 4) is 11.1 Å². The third-order valence-corrected chi connectivity index (χ3v) is 4.75. The molecule has 0 aliphatic rings. The highest BCUT2D eigenvalue weighted by Crippen LogP contribution is 2.30. The van der Waals surface area contributed by atoms with E-state index in [1.165, 1.54) is 0 Å². The van der Waals surface area contributed by atoms with Gasteiger partial charge in [0.05, 0.1) is 6.61 Å². The summed E-state index contributed by atoms with van der Waals surface area (Å²) in [5.74, 6) is 0.835. The number of Topliss-reactive ketones (excluding diaryl/α,β-unsaturated/α-hetero) is 1. The van der Waals surface area contributed by atoms with E-state index in [1.54, 1.807) is 0 Å². The first-order valence-corrected chi connectivity index (χ1v) is 8.69. The molecule has 0 aliphatic carbocycles. The molecule has 1 N–H and O–H groups in total. The molecule has 0 atom stereocenters. The van der Waals surface area contributed by atoms with Crippen molar-refractivity contribution in [1.29, 1.82) is 0 Å². The maximum Gasteiger partial charge on any atom is 0.142 e. The highest BCUT2D eigenvalue weighted by atomic mass is 16.3. The molecule has 2 nitrogen and oxygen atoms in total. The Balaban J connectivity index is 2.23. The number of aliphatic hydroxyl groups is 1. The third kappa shape index (κ3) is 4.12. The van der Waals surface area contributed by atoms with E-state index < -0.39 is 5.41 Å². The van der Waals surface area contributed by atoms with E-state index in [-0.39, 0.29) is 6.61 Å². The van der Waals surface area contributed by atoms with Crippen LogP contribution in [0.2, 0.25) is 0 Å². The van der Waals surface area contributed by atoms with Gasteiger partial charge in [-0.3, -0.25) is 4.79 Å². The summed E-state index contributed by atoms with van der Waals surface area (Å²) in [5, 5.41) is 9.50. The minimum atomic E-state index is -0.468. The Morgan fingerprint density at radius 3 is 2.25 bits per heavy atom. The highest BCUT2D eigenvalue weighted by Gasteiger charge is 2.29. The molecule has 2 rings (SSSR count). The van der Waals surface area contributed by atoms with Gasteiger partial charge in [0, 0.05) is 11.8 Å². The van der Waals surface area contributed by atoms with Crippen LogP contribution in [0.5, 0.6) is 0 Å². The zero-order chi connectivity index (χ0) is 17.7. The summed E-state index contributed by atoms with van der Waals surface area (Å²) in [5.41, 5.74) is 3.59. The molecule has 0 fully saturated rings. The number of aliphatic hydroxyl groups excluding tert-OH is 1. The molecule has 0 aliphatic heterocycles. The Bertz CT molecular complexity index is 681. The maximum absolute atomic E-state index is 12.6. The standard InChI is InChI=1S/C22H28O2/c1-16(2)9-14-21(24)22(3,4)19-12-10-17(11-13-19)20-8-6-5-7-18(20)15-23/h5-8,10-13,16,23H,9,14-15H2,1-4H3. The molecule has 0 unspecified atom stereocenters. The fourth-order valence-electron chi connectivity index (χ4n) is 2.90. The lowest BCUT2D eigenvalue weighted by molar-refractivity contribution is -0.123. The molecule has 0 saturated heterocycles. The molecule has 0 amide bonds. The van der Waals surface area contributed by atoms with Crippen LogP contribution in [0.1, 0.15) is 51.7 Å². The second-order valence-electron chi connectivity index (χ2n) is 7.37. The van der Waals surface area contributed by atoms with Gasteiger partial charge in [-0.05, 0) is 48.4 Å². The molecule has 0 aromatic heterocycles. The summed E-state index contributed by atoms with van der Waals surface area (Å²) in [6.45, 7) is 8.33. The van der Waals surface area contributed by atoms with Gasteiger partial charge in [-0.15, -0.1) is 0 Å². The lowest BCUT2D eigenvalue weighted by Gasteiger charge is -2.24. The Kier molecular flexibility index (Phi) is 5.95. The van der Waals surface area contributed by atoms with Crippen LogP contribution in [0.4, 0.5) is 0 Å². The number of benzene rings is 2. The molecule has 0 heterocycles. The van der Waals surface area contributed by atoms with Gasteiger partial charge < -0.3 is 5.11 Å². The smallest absolute Gasteiger partial charge is 0.142 e. The van der Waals surface area contributed by atoms with Gasteiger partial charge in [-0.25, -0.2) is 0 Å². The molecule has 2 aromatic rings. The second kappa shape index (κ2) is 7.76. The Morgan fingerprint density at radius 2 is 1.67 bits per heavy atom. The minimum Gasteiger partial charge on any atom is -0.392 e. The summed E-state index contributed by atoms with van der Waals surface area (Å²) in [6.07, 6.45) is 1.56. The quantitative estimate of drug-likeness (QED) is 0.766. The van der Waals surface area contributed by atoms with E-state index in [1.807, 2.05) is 62.4 Å². The first-order valence-electron chi connectivity index (χ1n) is 8.69. The Labute approximate surface area is 145 Å². The van der Waals surface area contributed by atoms with E-state index in [0.29, 0.717) is 18.1 Å². The van der Waals surface area contributed by atoms with Gasteiger partial charge in [0.15, 0.2) is 0 Å². The van der Waals surface area contributed by atoms with Gasteiger partial charge in [0.25, 0.3) is 0 Å². The molecule has 128 valence electrons.